The molecule has 0 radical (unpaired) electrons. The summed E-state index contributed by atoms with van der Waals surface area (Å²) in [5, 5.41) is 0. The van der Waals surface area contributed by atoms with E-state index in [9.17, 15) is 110 Å². The number of aromatic nitrogens is 2. The first-order chi connectivity index (χ1) is 41.1. The molecule has 0 fully saturated rings. The van der Waals surface area contributed by atoms with Crippen LogP contribution in [0.4, 0.5) is 105 Å². The Balaban J connectivity index is 0.000000380. The van der Waals surface area contributed by atoms with Crippen molar-refractivity contribution < 1.29 is 115 Å². The molecular weight excluding hydrogens is 1240 g/mol. The fourth-order valence-corrected chi connectivity index (χ4v) is 10.4. The normalized spacial score (nSPS) is 13.1. The first-order valence-corrected chi connectivity index (χ1v) is 27.8. The summed E-state index contributed by atoms with van der Waals surface area (Å²) in [6.07, 6.45) is -28.6. The second kappa shape index (κ2) is 29.5. The first-order valence-electron chi connectivity index (χ1n) is 27.8. The molecule has 0 saturated carbocycles. The van der Waals surface area contributed by atoms with Crippen molar-refractivity contribution in [2.45, 2.75) is 166 Å². The maximum atomic E-state index is 14.2. The highest BCUT2D eigenvalue weighted by atomic mass is 19.4. The fraction of sp³-hybridized carbons (Fsp3) is 0.426. The maximum Gasteiger partial charge on any atom is 0.416 e. The van der Waals surface area contributed by atoms with Crippen molar-refractivity contribution in [3.8, 4) is 0 Å². The van der Waals surface area contributed by atoms with Gasteiger partial charge >= 0.3 is 49.4 Å². The summed E-state index contributed by atoms with van der Waals surface area (Å²) in [6, 6.07) is 1.47. The van der Waals surface area contributed by atoms with Crippen LogP contribution < -0.4 is 26.4 Å². The maximum absolute atomic E-state index is 14.2. The lowest BCUT2D eigenvalue weighted by Gasteiger charge is -2.46. The molecule has 0 saturated heterocycles. The number of carbonyl (C=O) groups is 1. The minimum atomic E-state index is -6.13. The molecule has 0 spiro atoms. The Morgan fingerprint density at radius 3 is 0.888 bits per heavy atom. The molecule has 488 valence electrons. The quantitative estimate of drug-likeness (QED) is 0.0211. The summed E-state index contributed by atoms with van der Waals surface area (Å²) < 4.78 is 343. The van der Waals surface area contributed by atoms with E-state index in [1.165, 1.54) is 89.0 Å². The summed E-state index contributed by atoms with van der Waals surface area (Å²) in [6.45, 7) is 2.99. The number of hydrogen-bond acceptors (Lipinski definition) is 2. The largest absolute Gasteiger partial charge is 0.416 e. The number of Topliss-reactive ketones (excluding diaryl/α,β-unsaturated/α-hetero) is 1. The van der Waals surface area contributed by atoms with Crippen molar-refractivity contribution in [1.29, 1.82) is 0 Å². The van der Waals surface area contributed by atoms with E-state index >= 15 is 0 Å². The third kappa shape index (κ3) is 20.6. The number of carbonyl (C=O) groups excluding carboxylic acids is 1. The van der Waals surface area contributed by atoms with Gasteiger partial charge in [0.25, 0.3) is 5.69 Å². The number of rotatable bonds is 23. The molecule has 0 aliphatic carbocycles. The third-order valence-electron chi connectivity index (χ3n) is 14.8. The van der Waals surface area contributed by atoms with Gasteiger partial charge in [-0.15, -0.1) is 0 Å². The number of alkyl halides is 24. The first kappa shape index (κ1) is 73.0. The summed E-state index contributed by atoms with van der Waals surface area (Å²) in [5.74, 6) is 0.212. The topological polar surface area (TPSA) is 33.8 Å². The van der Waals surface area contributed by atoms with E-state index in [0.29, 0.717) is 13.0 Å². The molecule has 0 aliphatic rings. The van der Waals surface area contributed by atoms with Crippen LogP contribution in [0.15, 0.2) is 122 Å². The number of nitrogens with zero attached hydrogens (tertiary/aromatic N) is 2. The van der Waals surface area contributed by atoms with Gasteiger partial charge in [0.05, 0.1) is 50.7 Å². The van der Waals surface area contributed by atoms with Gasteiger partial charge in [-0.2, -0.15) is 132 Å². The predicted molar refractivity (Wildman–Crippen MR) is 284 cm³/mol. The molecule has 0 aliphatic heterocycles. The highest BCUT2D eigenvalue weighted by Crippen LogP contribution is 2.42. The molecule has 3 nitrogen and oxygen atoms in total. The minimum Gasteiger partial charge on any atom is -0.287 e. The summed E-state index contributed by atoms with van der Waals surface area (Å²) >= 11 is 0. The molecule has 0 amide bonds. The standard InChI is InChI=1S/C32H12BF24.C29H45N2O/c34-25(35,36)13-1-14(26(37,38)39)6-21(5-13)33(22-7-15(27(40,41)42)2-16(8-22)28(43,44)45,23-9-17(29(46,47)48)3-18(10-23)30(49,50)51)24-11-19(31(52,53)54)4-20(12-24)32(55,56)57;1-2-3-4-5-6-7-8-9-10-11-12-13-14-15-19-22-29(32)28-25-30-23-24-31(28)26-27-20-17-16-18-21-27/h1-12H;16-18,20-21,23-25H,2-15,19,22,26H2,1H3/q-1;+1. The van der Waals surface area contributed by atoms with Crippen LogP contribution in [0.3, 0.4) is 0 Å². The van der Waals surface area contributed by atoms with Crippen LogP contribution >= 0.6 is 0 Å². The SMILES string of the molecule is CCCCCCCCCCCCCCCCCC(=O)c1cncc[n+]1Cc1ccccc1.FC(F)(F)c1cc([B-](c2cc(C(F)(F)F)cc(C(F)(F)F)c2)(c2cc(C(F)(F)F)cc(C(F)(F)F)c2)c2cc(C(F)(F)F)cc(C(F)(F)F)c2)cc(C(F)(F)F)c1. The molecule has 0 unspecified atom stereocenters. The summed E-state index contributed by atoms with van der Waals surface area (Å²) in [7, 11) is 0. The van der Waals surface area contributed by atoms with Gasteiger partial charge in [-0.1, -0.05) is 176 Å². The van der Waals surface area contributed by atoms with Gasteiger partial charge in [0.1, 0.15) is 12.3 Å². The van der Waals surface area contributed by atoms with Crippen molar-refractivity contribution in [3.05, 3.63) is 177 Å². The van der Waals surface area contributed by atoms with Crippen molar-refractivity contribution in [2.24, 2.45) is 0 Å². The number of halogens is 24. The average Bonchev–Trinajstić information content (AvgIpc) is 0.753. The van der Waals surface area contributed by atoms with Gasteiger partial charge in [-0.05, 0) is 30.7 Å². The van der Waals surface area contributed by atoms with Crippen molar-refractivity contribution in [3.63, 3.8) is 0 Å². The minimum absolute atomic E-state index is 0.212. The van der Waals surface area contributed by atoms with E-state index in [2.05, 4.69) is 24.0 Å². The van der Waals surface area contributed by atoms with Crippen molar-refractivity contribution in [1.82, 2.24) is 4.98 Å². The Kier molecular flexibility index (Phi) is 24.2. The molecule has 5 aromatic carbocycles. The second-order valence-corrected chi connectivity index (χ2v) is 21.4. The monoisotopic (exact) mass is 1300 g/mol. The fourth-order valence-electron chi connectivity index (χ4n) is 10.4. The van der Waals surface area contributed by atoms with Gasteiger partial charge in [-0.3, -0.25) is 9.78 Å². The van der Waals surface area contributed by atoms with E-state index in [1.54, 1.807) is 12.4 Å². The summed E-state index contributed by atoms with van der Waals surface area (Å²) in [5.41, 5.74) is -28.3. The van der Waals surface area contributed by atoms with Gasteiger partial charge in [0, 0.05) is 12.0 Å². The zero-order valence-corrected chi connectivity index (χ0v) is 47.0. The van der Waals surface area contributed by atoms with Crippen LogP contribution in [0.5, 0.6) is 0 Å². The lowest BCUT2D eigenvalue weighted by Crippen LogP contribution is -2.75. The smallest absolute Gasteiger partial charge is 0.287 e. The highest BCUT2D eigenvalue weighted by molar-refractivity contribution is 7.20. The van der Waals surface area contributed by atoms with E-state index in [0.717, 1.165) is 18.5 Å². The van der Waals surface area contributed by atoms with E-state index < -0.39 is 195 Å². The van der Waals surface area contributed by atoms with Gasteiger partial charge in [-0.25, -0.2) is 0 Å². The van der Waals surface area contributed by atoms with Crippen molar-refractivity contribution in [2.75, 3.05) is 0 Å². The lowest BCUT2D eigenvalue weighted by molar-refractivity contribution is -0.690. The molecule has 0 bridgehead atoms. The molecule has 0 atom stereocenters. The van der Waals surface area contributed by atoms with Crippen LogP contribution in [-0.2, 0) is 56.0 Å². The van der Waals surface area contributed by atoms with Gasteiger partial charge < -0.3 is 0 Å². The van der Waals surface area contributed by atoms with Crippen LogP contribution in [0.2, 0.25) is 0 Å². The molecular formula is C61H57BF24N2O. The zero-order valence-electron chi connectivity index (χ0n) is 47.0. The molecule has 28 heteroatoms. The molecule has 6 rings (SSSR count). The van der Waals surface area contributed by atoms with E-state index in [4.69, 9.17) is 0 Å². The average molecular weight is 1300 g/mol. The molecule has 1 heterocycles. The lowest BCUT2D eigenvalue weighted by atomic mass is 9.12. The van der Waals surface area contributed by atoms with Crippen LogP contribution in [0, 0.1) is 0 Å². The van der Waals surface area contributed by atoms with Gasteiger partial charge in [0.15, 0.2) is 12.7 Å². The Bertz CT molecular complexity index is 2830. The van der Waals surface area contributed by atoms with Crippen molar-refractivity contribution >= 4 is 33.8 Å². The van der Waals surface area contributed by atoms with E-state index in [1.807, 2.05) is 29.0 Å². The molecule has 89 heavy (non-hydrogen) atoms. The number of hydrogen-bond donors (Lipinski definition) is 0. The third-order valence-corrected chi connectivity index (χ3v) is 14.8. The Morgan fingerprint density at radius 1 is 0.371 bits per heavy atom. The Labute approximate surface area is 495 Å². The molecule has 6 aromatic rings. The van der Waals surface area contributed by atoms with E-state index in [-0.39, 0.29) is 5.78 Å². The summed E-state index contributed by atoms with van der Waals surface area (Å²) in [4.78, 5) is 16.9. The Morgan fingerprint density at radius 2 is 0.629 bits per heavy atom. The van der Waals surface area contributed by atoms with Crippen LogP contribution in [0.1, 0.15) is 170 Å². The number of ketones is 1. The zero-order chi connectivity index (χ0) is 66.6. The number of unbranched alkanes of at least 4 members (excludes halogenated alkanes) is 14. The number of benzene rings is 5. The highest BCUT2D eigenvalue weighted by Gasteiger charge is 2.47. The predicted octanol–water partition coefficient (Wildman–Crippen LogP) is 19.1. The second-order valence-electron chi connectivity index (χ2n) is 21.4. The Hall–Kier alpha value is -6.77. The molecule has 1 aromatic heterocycles. The van der Waals surface area contributed by atoms with Crippen LogP contribution in [-0.4, -0.2) is 16.9 Å². The molecule has 0 N–H and O–H groups in total. The van der Waals surface area contributed by atoms with Gasteiger partial charge in [0.2, 0.25) is 5.78 Å². The van der Waals surface area contributed by atoms with Crippen LogP contribution in [0.25, 0.3) is 0 Å².